The van der Waals surface area contributed by atoms with Gasteiger partial charge in [-0.1, -0.05) is 18.2 Å². The fraction of sp³-hybridized carbons (Fsp3) is 0.385. The molecule has 1 aliphatic heterocycles. The lowest BCUT2D eigenvalue weighted by atomic mass is 10.3. The Morgan fingerprint density at radius 3 is 2.59 bits per heavy atom. The summed E-state index contributed by atoms with van der Waals surface area (Å²) in [5.74, 6) is -0.494. The third kappa shape index (κ3) is 4.18. The van der Waals surface area contributed by atoms with Crippen LogP contribution in [-0.2, 0) is 14.8 Å². The van der Waals surface area contributed by atoms with Gasteiger partial charge in [-0.05, 0) is 25.0 Å². The maximum absolute atomic E-state index is 12.0. The monoisotopic (exact) mass is 326 g/mol. The Kier molecular flexibility index (Phi) is 4.99. The molecule has 1 atom stereocenters. The zero-order valence-electron chi connectivity index (χ0n) is 11.9. The van der Waals surface area contributed by atoms with Crippen LogP contribution in [-0.4, -0.2) is 44.5 Å². The molecule has 1 fully saturated rings. The number of urea groups is 1. The van der Waals surface area contributed by atoms with E-state index in [0.717, 1.165) is 6.42 Å². The number of likely N-dealkylation sites (tertiary alicyclic amines) is 1. The predicted molar refractivity (Wildman–Crippen MR) is 79.1 cm³/mol. The first kappa shape index (κ1) is 16.2. The van der Waals surface area contributed by atoms with E-state index in [1.807, 2.05) is 4.72 Å². The van der Waals surface area contributed by atoms with Crippen molar-refractivity contribution in [2.45, 2.75) is 23.9 Å². The molecule has 1 aliphatic rings. The summed E-state index contributed by atoms with van der Waals surface area (Å²) in [5.41, 5.74) is 5.14. The second-order valence-electron chi connectivity index (χ2n) is 4.99. The Hall–Kier alpha value is -2.13. The van der Waals surface area contributed by atoms with Crippen LogP contribution in [0.15, 0.2) is 35.2 Å². The average Bonchev–Trinajstić information content (AvgIpc) is 2.85. The smallest absolute Gasteiger partial charge is 0.329 e. The molecule has 8 nitrogen and oxygen atoms in total. The van der Waals surface area contributed by atoms with Crippen molar-refractivity contribution in [3.63, 3.8) is 0 Å². The Labute approximate surface area is 128 Å². The van der Waals surface area contributed by atoms with Gasteiger partial charge in [0, 0.05) is 6.54 Å². The third-order valence-corrected chi connectivity index (χ3v) is 4.65. The topological polar surface area (TPSA) is 122 Å². The highest BCUT2D eigenvalue weighted by Gasteiger charge is 2.28. The van der Waals surface area contributed by atoms with Gasteiger partial charge in [-0.3, -0.25) is 9.69 Å². The van der Waals surface area contributed by atoms with Crippen molar-refractivity contribution in [1.82, 2.24) is 14.9 Å². The highest BCUT2D eigenvalue weighted by Crippen LogP contribution is 2.14. The largest absolute Gasteiger partial charge is 0.369 e. The third-order valence-electron chi connectivity index (χ3n) is 3.30. The van der Waals surface area contributed by atoms with E-state index >= 15 is 0 Å². The fourth-order valence-corrected chi connectivity index (χ4v) is 3.28. The lowest BCUT2D eigenvalue weighted by Gasteiger charge is -2.23. The van der Waals surface area contributed by atoms with E-state index in [9.17, 15) is 18.0 Å². The second kappa shape index (κ2) is 6.75. The number of amides is 3. The molecule has 1 aromatic carbocycles. The normalized spacial score (nSPS) is 18.8. The van der Waals surface area contributed by atoms with Crippen LogP contribution in [0.25, 0.3) is 0 Å². The molecule has 120 valence electrons. The minimum Gasteiger partial charge on any atom is -0.369 e. The maximum Gasteiger partial charge on any atom is 0.329 e. The van der Waals surface area contributed by atoms with Gasteiger partial charge in [0.05, 0.1) is 17.6 Å². The molecule has 1 unspecified atom stereocenters. The average molecular weight is 326 g/mol. The van der Waals surface area contributed by atoms with E-state index in [2.05, 4.69) is 5.32 Å². The van der Waals surface area contributed by atoms with Crippen LogP contribution in [0, 0.1) is 0 Å². The summed E-state index contributed by atoms with van der Waals surface area (Å²) in [6.45, 7) is 0.649. The van der Waals surface area contributed by atoms with E-state index in [1.54, 1.807) is 23.1 Å². The highest BCUT2D eigenvalue weighted by atomic mass is 32.2. The molecule has 9 heteroatoms. The summed E-state index contributed by atoms with van der Waals surface area (Å²) in [6, 6.07) is 6.77. The number of hydrogen-bond acceptors (Lipinski definition) is 5. The van der Waals surface area contributed by atoms with Crippen molar-refractivity contribution in [3.8, 4) is 0 Å². The fourth-order valence-electron chi connectivity index (χ4n) is 2.34. The zero-order chi connectivity index (χ0) is 16.2. The Morgan fingerprint density at radius 2 is 1.95 bits per heavy atom. The quantitative estimate of drug-likeness (QED) is 0.678. The van der Waals surface area contributed by atoms with E-state index in [4.69, 9.17) is 5.73 Å². The first-order valence-corrected chi connectivity index (χ1v) is 8.27. The van der Waals surface area contributed by atoms with Gasteiger partial charge in [0.2, 0.25) is 5.91 Å². The molecular weight excluding hydrogens is 308 g/mol. The van der Waals surface area contributed by atoms with Gasteiger partial charge in [0.15, 0.2) is 0 Å². The molecule has 4 N–H and O–H groups in total. The van der Waals surface area contributed by atoms with Crippen molar-refractivity contribution in [3.05, 3.63) is 30.3 Å². The Bertz CT molecular complexity index is 647. The van der Waals surface area contributed by atoms with Crippen LogP contribution in [0.3, 0.4) is 0 Å². The van der Waals surface area contributed by atoms with Gasteiger partial charge < -0.3 is 11.1 Å². The lowest BCUT2D eigenvalue weighted by Crippen LogP contribution is -2.51. The van der Waals surface area contributed by atoms with Crippen LogP contribution in [0.4, 0.5) is 4.79 Å². The molecule has 0 spiro atoms. The number of rotatable bonds is 5. The molecule has 1 saturated heterocycles. The molecule has 0 radical (unpaired) electrons. The molecule has 0 saturated carbocycles. The number of nitrogens with zero attached hydrogens (tertiary/aromatic N) is 1. The Morgan fingerprint density at radius 1 is 1.27 bits per heavy atom. The summed E-state index contributed by atoms with van der Waals surface area (Å²) in [7, 11) is -3.91. The van der Waals surface area contributed by atoms with Gasteiger partial charge in [0.1, 0.15) is 0 Å². The number of nitrogens with one attached hydrogen (secondary N) is 2. The summed E-state index contributed by atoms with van der Waals surface area (Å²) < 4.78 is 26.0. The highest BCUT2D eigenvalue weighted by molar-refractivity contribution is 7.90. The van der Waals surface area contributed by atoms with E-state index < -0.39 is 28.1 Å². The molecule has 2 rings (SSSR count). The van der Waals surface area contributed by atoms with Gasteiger partial charge in [-0.2, -0.15) is 0 Å². The van der Waals surface area contributed by atoms with Crippen LogP contribution in [0.5, 0.6) is 0 Å². The second-order valence-corrected chi connectivity index (χ2v) is 6.67. The molecule has 22 heavy (non-hydrogen) atoms. The molecule has 0 aliphatic carbocycles. The van der Waals surface area contributed by atoms with Crippen molar-refractivity contribution >= 4 is 22.0 Å². The standard InChI is InChI=1S/C13H18N4O4S/c14-11(18)9-17-8-4-7-12(17)15-13(19)16-22(20,21)10-5-2-1-3-6-10/h1-3,5-6,12H,4,7-9H2,(H2,14,18)(H2,15,16,19). The summed E-state index contributed by atoms with van der Waals surface area (Å²) in [5, 5.41) is 2.55. The number of primary amides is 1. The van der Waals surface area contributed by atoms with Crippen molar-refractivity contribution in [2.24, 2.45) is 5.73 Å². The van der Waals surface area contributed by atoms with E-state index in [1.165, 1.54) is 12.1 Å². The van der Waals surface area contributed by atoms with Crippen molar-refractivity contribution in [2.75, 3.05) is 13.1 Å². The number of carbonyl (C=O) groups is 2. The first-order valence-electron chi connectivity index (χ1n) is 6.79. The molecule has 0 bridgehead atoms. The molecule has 3 amide bonds. The number of carbonyl (C=O) groups excluding carboxylic acids is 2. The van der Waals surface area contributed by atoms with E-state index in [-0.39, 0.29) is 11.4 Å². The number of benzene rings is 1. The summed E-state index contributed by atoms with van der Waals surface area (Å²) >= 11 is 0. The zero-order valence-corrected chi connectivity index (χ0v) is 12.7. The number of sulfonamides is 1. The molecule has 0 aromatic heterocycles. The van der Waals surface area contributed by atoms with Crippen LogP contribution < -0.4 is 15.8 Å². The van der Waals surface area contributed by atoms with Crippen LogP contribution >= 0.6 is 0 Å². The van der Waals surface area contributed by atoms with Crippen LogP contribution in [0.1, 0.15) is 12.8 Å². The van der Waals surface area contributed by atoms with Crippen molar-refractivity contribution in [1.29, 1.82) is 0 Å². The summed E-state index contributed by atoms with van der Waals surface area (Å²) in [6.07, 6.45) is 1.02. The van der Waals surface area contributed by atoms with Gasteiger partial charge in [-0.15, -0.1) is 0 Å². The van der Waals surface area contributed by atoms with Gasteiger partial charge in [-0.25, -0.2) is 17.9 Å². The maximum atomic E-state index is 12.0. The first-order chi connectivity index (χ1) is 10.4. The number of nitrogens with two attached hydrogens (primary N) is 1. The molecule has 1 aromatic rings. The molecule has 1 heterocycles. The minimum atomic E-state index is -3.91. The summed E-state index contributed by atoms with van der Waals surface area (Å²) in [4.78, 5) is 24.5. The molecular formula is C13H18N4O4S. The number of hydrogen-bond donors (Lipinski definition) is 3. The van der Waals surface area contributed by atoms with E-state index in [0.29, 0.717) is 13.0 Å². The minimum absolute atomic E-state index is 0.00515. The van der Waals surface area contributed by atoms with Crippen LogP contribution in [0.2, 0.25) is 0 Å². The van der Waals surface area contributed by atoms with Crippen molar-refractivity contribution < 1.29 is 18.0 Å². The predicted octanol–water partition coefficient (Wildman–Crippen LogP) is -0.418. The Balaban J connectivity index is 1.97. The van der Waals surface area contributed by atoms with Gasteiger partial charge >= 0.3 is 6.03 Å². The van der Waals surface area contributed by atoms with Gasteiger partial charge in [0.25, 0.3) is 10.0 Å². The lowest BCUT2D eigenvalue weighted by molar-refractivity contribution is -0.119. The SMILES string of the molecule is NC(=O)CN1CCCC1NC(=O)NS(=O)(=O)c1ccccc1.